The summed E-state index contributed by atoms with van der Waals surface area (Å²) in [6, 6.07) is 6.72. The Balaban J connectivity index is 2.32. The summed E-state index contributed by atoms with van der Waals surface area (Å²) >= 11 is 3.49. The van der Waals surface area contributed by atoms with E-state index in [4.69, 9.17) is 0 Å². The SMILES string of the molecule is CCC1CCC(C)N1C(=O)c1cc(C)ccc1Br. The molecule has 0 aromatic heterocycles. The summed E-state index contributed by atoms with van der Waals surface area (Å²) in [6.45, 7) is 6.33. The van der Waals surface area contributed by atoms with E-state index in [1.165, 1.54) is 0 Å². The van der Waals surface area contributed by atoms with Crippen LogP contribution in [0, 0.1) is 6.92 Å². The topological polar surface area (TPSA) is 20.3 Å². The predicted octanol–water partition coefficient (Wildman–Crippen LogP) is 4.16. The molecule has 2 rings (SSSR count). The molecular weight excluding hydrogens is 290 g/mol. The number of benzene rings is 1. The van der Waals surface area contributed by atoms with Crippen molar-refractivity contribution in [3.05, 3.63) is 33.8 Å². The first-order valence-corrected chi connectivity index (χ1v) is 7.42. The Morgan fingerprint density at radius 1 is 1.44 bits per heavy atom. The third-order valence-corrected chi connectivity index (χ3v) is 4.54. The third kappa shape index (κ3) is 2.46. The summed E-state index contributed by atoms with van der Waals surface area (Å²) < 4.78 is 0.895. The second kappa shape index (κ2) is 5.43. The van der Waals surface area contributed by atoms with E-state index in [1.54, 1.807) is 0 Å². The molecule has 2 nitrogen and oxygen atoms in total. The highest BCUT2D eigenvalue weighted by molar-refractivity contribution is 9.10. The largest absolute Gasteiger partial charge is 0.333 e. The minimum Gasteiger partial charge on any atom is -0.333 e. The van der Waals surface area contributed by atoms with E-state index in [2.05, 4.69) is 34.7 Å². The molecule has 0 N–H and O–H groups in total. The first-order valence-electron chi connectivity index (χ1n) is 6.63. The Kier molecular flexibility index (Phi) is 4.10. The van der Waals surface area contributed by atoms with Crippen LogP contribution in [0.3, 0.4) is 0 Å². The van der Waals surface area contributed by atoms with Crippen LogP contribution >= 0.6 is 15.9 Å². The molecule has 0 saturated carbocycles. The number of amides is 1. The molecule has 3 heteroatoms. The number of nitrogens with zero attached hydrogens (tertiary/aromatic N) is 1. The van der Waals surface area contributed by atoms with E-state index in [9.17, 15) is 4.79 Å². The van der Waals surface area contributed by atoms with Gasteiger partial charge in [-0.05, 0) is 61.2 Å². The second-order valence-corrected chi connectivity index (χ2v) is 6.04. The minimum absolute atomic E-state index is 0.169. The fraction of sp³-hybridized carbons (Fsp3) is 0.533. The quantitative estimate of drug-likeness (QED) is 0.803. The summed E-state index contributed by atoms with van der Waals surface area (Å²) in [7, 11) is 0. The highest BCUT2D eigenvalue weighted by atomic mass is 79.9. The Morgan fingerprint density at radius 3 is 2.83 bits per heavy atom. The molecule has 2 unspecified atom stereocenters. The lowest BCUT2D eigenvalue weighted by molar-refractivity contribution is 0.0675. The molecule has 0 radical (unpaired) electrons. The van der Waals surface area contributed by atoms with Crippen molar-refractivity contribution >= 4 is 21.8 Å². The van der Waals surface area contributed by atoms with Crippen molar-refractivity contribution in [3.8, 4) is 0 Å². The van der Waals surface area contributed by atoms with Crippen LogP contribution in [0.2, 0.25) is 0 Å². The number of hydrogen-bond donors (Lipinski definition) is 0. The van der Waals surface area contributed by atoms with Gasteiger partial charge in [0.05, 0.1) is 5.56 Å². The number of likely N-dealkylation sites (tertiary alicyclic amines) is 1. The zero-order chi connectivity index (χ0) is 13.3. The molecule has 0 bridgehead atoms. The van der Waals surface area contributed by atoms with Crippen molar-refractivity contribution in [2.24, 2.45) is 0 Å². The van der Waals surface area contributed by atoms with E-state index in [-0.39, 0.29) is 5.91 Å². The van der Waals surface area contributed by atoms with Gasteiger partial charge in [0.15, 0.2) is 0 Å². The van der Waals surface area contributed by atoms with E-state index in [0.717, 1.165) is 34.9 Å². The maximum atomic E-state index is 12.7. The van der Waals surface area contributed by atoms with Crippen LogP contribution in [0.1, 0.15) is 49.0 Å². The second-order valence-electron chi connectivity index (χ2n) is 5.18. The fourth-order valence-electron chi connectivity index (χ4n) is 2.78. The van der Waals surface area contributed by atoms with Crippen molar-refractivity contribution < 1.29 is 4.79 Å². The van der Waals surface area contributed by atoms with Gasteiger partial charge in [-0.1, -0.05) is 18.6 Å². The van der Waals surface area contributed by atoms with Gasteiger partial charge in [-0.2, -0.15) is 0 Å². The van der Waals surface area contributed by atoms with Crippen molar-refractivity contribution in [2.75, 3.05) is 0 Å². The van der Waals surface area contributed by atoms with Gasteiger partial charge in [0.1, 0.15) is 0 Å². The zero-order valence-corrected chi connectivity index (χ0v) is 12.8. The summed E-state index contributed by atoms with van der Waals surface area (Å²) in [4.78, 5) is 14.8. The molecule has 1 heterocycles. The summed E-state index contributed by atoms with van der Waals surface area (Å²) in [6.07, 6.45) is 3.29. The van der Waals surface area contributed by atoms with Crippen LogP contribution in [-0.4, -0.2) is 22.9 Å². The van der Waals surface area contributed by atoms with Gasteiger partial charge in [0.2, 0.25) is 0 Å². The van der Waals surface area contributed by atoms with Crippen molar-refractivity contribution in [1.82, 2.24) is 4.90 Å². The van der Waals surface area contributed by atoms with Crippen LogP contribution in [0.15, 0.2) is 22.7 Å². The van der Waals surface area contributed by atoms with Crippen LogP contribution < -0.4 is 0 Å². The number of aryl methyl sites for hydroxylation is 1. The maximum absolute atomic E-state index is 12.7. The Bertz CT molecular complexity index is 458. The number of halogens is 1. The summed E-state index contributed by atoms with van der Waals surface area (Å²) in [5.41, 5.74) is 1.92. The lowest BCUT2D eigenvalue weighted by Crippen LogP contribution is -2.39. The molecule has 1 aliphatic rings. The number of rotatable bonds is 2. The average Bonchev–Trinajstić information content (AvgIpc) is 2.72. The molecule has 1 fully saturated rings. The fourth-order valence-corrected chi connectivity index (χ4v) is 3.20. The summed E-state index contributed by atoms with van der Waals surface area (Å²) in [5, 5.41) is 0. The highest BCUT2D eigenvalue weighted by Crippen LogP contribution is 2.30. The zero-order valence-electron chi connectivity index (χ0n) is 11.2. The molecule has 1 aliphatic heterocycles. The van der Waals surface area contributed by atoms with Crippen molar-refractivity contribution in [2.45, 2.75) is 52.1 Å². The number of carbonyl (C=O) groups excluding carboxylic acids is 1. The molecule has 0 aliphatic carbocycles. The van der Waals surface area contributed by atoms with Crippen LogP contribution in [0.4, 0.5) is 0 Å². The van der Waals surface area contributed by atoms with Gasteiger partial charge >= 0.3 is 0 Å². The molecule has 98 valence electrons. The van der Waals surface area contributed by atoms with Crippen LogP contribution in [-0.2, 0) is 0 Å². The molecule has 1 aromatic rings. The lowest BCUT2D eigenvalue weighted by atomic mass is 10.1. The smallest absolute Gasteiger partial charge is 0.255 e. The molecule has 2 atom stereocenters. The number of carbonyl (C=O) groups is 1. The highest BCUT2D eigenvalue weighted by Gasteiger charge is 2.34. The molecule has 1 amide bonds. The Morgan fingerprint density at radius 2 is 2.17 bits per heavy atom. The van der Waals surface area contributed by atoms with Gasteiger partial charge < -0.3 is 4.90 Å². The standard InChI is InChI=1S/C15H20BrNO/c1-4-12-7-6-11(3)17(12)15(18)13-9-10(2)5-8-14(13)16/h5,8-9,11-12H,4,6-7H2,1-3H3. The number of hydrogen-bond acceptors (Lipinski definition) is 1. The predicted molar refractivity (Wildman–Crippen MR) is 77.8 cm³/mol. The average molecular weight is 310 g/mol. The first kappa shape index (κ1) is 13.6. The van der Waals surface area contributed by atoms with E-state index in [0.29, 0.717) is 12.1 Å². The van der Waals surface area contributed by atoms with Gasteiger partial charge in [-0.15, -0.1) is 0 Å². The van der Waals surface area contributed by atoms with Gasteiger partial charge in [0.25, 0.3) is 5.91 Å². The minimum atomic E-state index is 0.169. The van der Waals surface area contributed by atoms with Crippen molar-refractivity contribution in [3.63, 3.8) is 0 Å². The molecule has 18 heavy (non-hydrogen) atoms. The van der Waals surface area contributed by atoms with E-state index >= 15 is 0 Å². The van der Waals surface area contributed by atoms with Gasteiger partial charge in [-0.25, -0.2) is 0 Å². The first-order chi connectivity index (χ1) is 8.54. The van der Waals surface area contributed by atoms with E-state index in [1.807, 2.05) is 25.1 Å². The molecule has 0 spiro atoms. The van der Waals surface area contributed by atoms with Crippen LogP contribution in [0.5, 0.6) is 0 Å². The van der Waals surface area contributed by atoms with Crippen molar-refractivity contribution in [1.29, 1.82) is 0 Å². The molecule has 1 saturated heterocycles. The Labute approximate surface area is 117 Å². The normalized spacial score (nSPS) is 23.4. The van der Waals surface area contributed by atoms with Crippen LogP contribution in [0.25, 0.3) is 0 Å². The monoisotopic (exact) mass is 309 g/mol. The maximum Gasteiger partial charge on any atom is 0.255 e. The molecule has 1 aromatic carbocycles. The summed E-state index contributed by atoms with van der Waals surface area (Å²) in [5.74, 6) is 0.169. The third-order valence-electron chi connectivity index (χ3n) is 3.84. The van der Waals surface area contributed by atoms with Gasteiger partial charge in [-0.3, -0.25) is 4.79 Å². The Hall–Kier alpha value is -0.830. The lowest BCUT2D eigenvalue weighted by Gasteiger charge is -2.28. The van der Waals surface area contributed by atoms with E-state index < -0.39 is 0 Å². The molecular formula is C15H20BrNO. The van der Waals surface area contributed by atoms with Gasteiger partial charge in [0, 0.05) is 16.6 Å².